The average Bonchev–Trinajstić information content (AvgIpc) is 3.39. The number of ether oxygens (including phenoxy) is 2. The minimum atomic E-state index is -4.75. The first-order chi connectivity index (χ1) is 29.1. The Morgan fingerprint density at radius 2 is 1.13 bits per heavy atom. The van der Waals surface area contributed by atoms with Gasteiger partial charge in [-0.05, 0) is 84.9 Å². The number of rotatable bonds is 5. The van der Waals surface area contributed by atoms with Crippen molar-refractivity contribution in [1.29, 1.82) is 0 Å². The highest BCUT2D eigenvalue weighted by Crippen LogP contribution is 2.36. The molecule has 0 saturated carbocycles. The Labute approximate surface area is 364 Å². The van der Waals surface area contributed by atoms with E-state index >= 15 is 0 Å². The molecule has 0 atom stereocenters. The minimum absolute atomic E-state index is 0. The molecule has 8 rings (SSSR count). The molecule has 0 saturated heterocycles. The first-order valence-electron chi connectivity index (χ1n) is 17.4. The molecule has 63 heavy (non-hydrogen) atoms. The summed E-state index contributed by atoms with van der Waals surface area (Å²) < 4.78 is 102. The number of benzene rings is 4. The van der Waals surface area contributed by atoms with Crippen molar-refractivity contribution >= 4 is 73.6 Å². The Morgan fingerprint density at radius 3 is 1.59 bits per heavy atom. The molecule has 0 spiro atoms. The number of fused-ring (bicyclic) bond motifs is 6. The van der Waals surface area contributed by atoms with Gasteiger partial charge in [0.05, 0.1) is 35.6 Å². The van der Waals surface area contributed by atoms with Gasteiger partial charge in [0.15, 0.2) is 0 Å². The number of alkyl halides is 6. The van der Waals surface area contributed by atoms with E-state index in [1.807, 2.05) is 0 Å². The fourth-order valence-corrected chi connectivity index (χ4v) is 6.53. The number of hydrogen-bond acceptors (Lipinski definition) is 12. The number of amides is 2. The lowest BCUT2D eigenvalue weighted by Crippen LogP contribution is -2.17. The highest BCUT2D eigenvalue weighted by molar-refractivity contribution is 7.90. The molecule has 2 amide bonds. The number of nitrogen functional groups attached to an aromatic ring is 1. The van der Waals surface area contributed by atoms with Crippen molar-refractivity contribution in [1.82, 2.24) is 19.9 Å². The zero-order chi connectivity index (χ0) is 45.0. The summed E-state index contributed by atoms with van der Waals surface area (Å²) in [7, 11) is -3.53. The molecule has 2 aliphatic heterocycles. The van der Waals surface area contributed by atoms with Crippen molar-refractivity contribution in [3.05, 3.63) is 118 Å². The van der Waals surface area contributed by atoms with Gasteiger partial charge in [0.2, 0.25) is 32.8 Å². The Kier molecular flexibility index (Phi) is 14.4. The largest absolute Gasteiger partial charge is 0.573 e. The van der Waals surface area contributed by atoms with Gasteiger partial charge in [-0.3, -0.25) is 9.59 Å². The summed E-state index contributed by atoms with van der Waals surface area (Å²) in [4.78, 5) is 40.6. The number of halogens is 8. The maximum Gasteiger partial charge on any atom is 0.573 e. The van der Waals surface area contributed by atoms with Crippen molar-refractivity contribution in [2.45, 2.75) is 38.1 Å². The van der Waals surface area contributed by atoms with E-state index < -0.39 is 22.6 Å². The average molecular weight is 938 g/mol. The summed E-state index contributed by atoms with van der Waals surface area (Å²) in [5, 5.41) is 9.12. The highest BCUT2D eigenvalue weighted by atomic mass is 35.5. The zero-order valence-electron chi connectivity index (χ0n) is 31.4. The molecule has 4 aromatic carbocycles. The van der Waals surface area contributed by atoms with Gasteiger partial charge >= 0.3 is 12.7 Å². The zero-order valence-corrected chi connectivity index (χ0v) is 33.7. The summed E-state index contributed by atoms with van der Waals surface area (Å²) >= 11 is 11.9. The van der Waals surface area contributed by atoms with E-state index in [1.165, 1.54) is 48.8 Å². The summed E-state index contributed by atoms with van der Waals surface area (Å²) in [5.74, 6) is -0.814. The van der Waals surface area contributed by atoms with E-state index in [0.717, 1.165) is 18.4 Å². The molecule has 23 heteroatoms. The number of nitrogens with one attached hydrogen (secondary N) is 3. The Balaban J connectivity index is 0.000000193. The van der Waals surface area contributed by atoms with E-state index in [-0.39, 0.29) is 54.7 Å². The second-order valence-corrected chi connectivity index (χ2v) is 15.8. The van der Waals surface area contributed by atoms with Gasteiger partial charge in [0, 0.05) is 62.3 Å². The van der Waals surface area contributed by atoms with Crippen molar-refractivity contribution in [3.63, 3.8) is 0 Å². The molecule has 0 fully saturated rings. The lowest BCUT2D eigenvalue weighted by atomic mass is 10.1. The van der Waals surface area contributed by atoms with Gasteiger partial charge < -0.3 is 31.2 Å². The number of carbonyl (C=O) groups is 2. The molecular weight excluding hydrogens is 905 g/mol. The highest BCUT2D eigenvalue weighted by Gasteiger charge is 2.32. The first-order valence-corrected chi connectivity index (χ1v) is 20.1. The van der Waals surface area contributed by atoms with Crippen molar-refractivity contribution in [2.24, 2.45) is 0 Å². The summed E-state index contributed by atoms with van der Waals surface area (Å²) in [6.45, 7) is 0. The van der Waals surface area contributed by atoms with Crippen LogP contribution in [0.3, 0.4) is 0 Å². The third-order valence-electron chi connectivity index (χ3n) is 8.22. The standard InChI is InChI=1S/C19H12ClF3N4O2.C13H10ClN3O3S.C7H6F3NO.CH4/c20-11-1-6-14-15(8-11)26-16(28)7-10-9-24-18(27-17(10)14)25-12-2-4-13(5-3-12)29-19(21,22)23;1-21(19,20)13-15-6-7-4-11(18)16-10-5-8(14)2-3-9(10)12(7)17-13;8-7(9,10)12-6-3-1-5(11)2-4-6;/h1-6,8-9H,7H2,(H,26,28)(H,24,25,27);2-3,5-6H,4H2,1H3,(H,16,18);1-4H,11H2;1H4. The second-order valence-electron chi connectivity index (χ2n) is 13.0. The van der Waals surface area contributed by atoms with Crippen LogP contribution in [-0.2, 0) is 32.3 Å². The normalized spacial score (nSPS) is 12.8. The smallest absolute Gasteiger partial charge is 0.406 e. The van der Waals surface area contributed by atoms with E-state index in [4.69, 9.17) is 28.9 Å². The third-order valence-corrected chi connectivity index (χ3v) is 9.55. The molecule has 0 unspecified atom stereocenters. The van der Waals surface area contributed by atoms with Gasteiger partial charge in [-0.15, -0.1) is 26.3 Å². The van der Waals surface area contributed by atoms with E-state index in [0.29, 0.717) is 66.4 Å². The molecule has 4 heterocycles. The van der Waals surface area contributed by atoms with Crippen LogP contribution in [0, 0.1) is 0 Å². The maximum absolute atomic E-state index is 12.3. The second kappa shape index (κ2) is 19.1. The topological polar surface area (TPSA) is 200 Å². The predicted molar refractivity (Wildman–Crippen MR) is 223 cm³/mol. The molecule has 5 N–H and O–H groups in total. The fraction of sp³-hybridized carbons (Fsp3) is 0.150. The van der Waals surface area contributed by atoms with Crippen molar-refractivity contribution in [3.8, 4) is 34.0 Å². The first kappa shape index (κ1) is 47.3. The number of hydrogen-bond donors (Lipinski definition) is 4. The number of carbonyl (C=O) groups excluding carboxylic acids is 2. The maximum atomic E-state index is 12.3. The minimum Gasteiger partial charge on any atom is -0.406 e. The summed E-state index contributed by atoms with van der Waals surface area (Å²) in [5.41, 5.74) is 10.7. The Hall–Kier alpha value is -6.71. The molecule has 2 aromatic heterocycles. The summed E-state index contributed by atoms with van der Waals surface area (Å²) in [6.07, 6.45) is -5.27. The molecule has 330 valence electrons. The summed E-state index contributed by atoms with van der Waals surface area (Å²) in [6, 6.07) is 20.2. The molecule has 0 aliphatic carbocycles. The molecule has 6 aromatic rings. The SMILES string of the molecule is C.CS(=O)(=O)c1ncc2c(n1)-c1ccc(Cl)cc1NC(=O)C2.Nc1ccc(OC(F)(F)F)cc1.O=C1Cc2cnc(Nc3ccc(OC(F)(F)F)cc3)nc2-c2ccc(Cl)cc2N1. The lowest BCUT2D eigenvalue weighted by Gasteiger charge is -2.12. The van der Waals surface area contributed by atoms with Gasteiger partial charge in [0.1, 0.15) is 11.5 Å². The van der Waals surface area contributed by atoms with Crippen LogP contribution < -0.4 is 31.2 Å². The van der Waals surface area contributed by atoms with Gasteiger partial charge in [-0.1, -0.05) is 30.6 Å². The van der Waals surface area contributed by atoms with E-state index in [1.54, 1.807) is 36.4 Å². The molecule has 14 nitrogen and oxygen atoms in total. The number of aromatic nitrogens is 4. The van der Waals surface area contributed by atoms with Crippen LogP contribution in [0.5, 0.6) is 11.5 Å². The fourth-order valence-electron chi connectivity index (χ4n) is 5.69. The van der Waals surface area contributed by atoms with Gasteiger partial charge in [-0.2, -0.15) is 0 Å². The number of sulfone groups is 1. The monoisotopic (exact) mass is 936 g/mol. The van der Waals surface area contributed by atoms with Crippen LogP contribution in [0.25, 0.3) is 22.5 Å². The van der Waals surface area contributed by atoms with E-state index in [2.05, 4.69) is 45.4 Å². The Morgan fingerprint density at radius 1 is 0.683 bits per heavy atom. The number of anilines is 5. The number of nitrogens with zero attached hydrogens (tertiary/aromatic N) is 4. The molecule has 2 aliphatic rings. The lowest BCUT2D eigenvalue weighted by molar-refractivity contribution is -0.275. The van der Waals surface area contributed by atoms with Gasteiger partial charge in [-0.25, -0.2) is 28.4 Å². The van der Waals surface area contributed by atoms with Gasteiger partial charge in [0.25, 0.3) is 0 Å². The van der Waals surface area contributed by atoms with Crippen LogP contribution in [0.15, 0.2) is 102 Å². The number of nitrogens with two attached hydrogens (primary N) is 1. The molecular formula is C40H32Cl2F6N8O6S. The third kappa shape index (κ3) is 13.1. The van der Waals surface area contributed by atoms with Crippen molar-refractivity contribution < 1.29 is 53.8 Å². The van der Waals surface area contributed by atoms with E-state index in [9.17, 15) is 44.3 Å². The quantitative estimate of drug-likeness (QED) is 0.0726. The predicted octanol–water partition coefficient (Wildman–Crippen LogP) is 9.43. The molecule has 0 bridgehead atoms. The van der Waals surface area contributed by atoms with Crippen LogP contribution in [0.2, 0.25) is 10.0 Å². The van der Waals surface area contributed by atoms with Crippen LogP contribution in [0.4, 0.5) is 55.0 Å². The van der Waals surface area contributed by atoms with Crippen LogP contribution in [-0.4, -0.2) is 59.1 Å². The van der Waals surface area contributed by atoms with Crippen molar-refractivity contribution in [2.75, 3.05) is 27.9 Å². The Bertz CT molecular complexity index is 2760. The van der Waals surface area contributed by atoms with Crippen LogP contribution in [0.1, 0.15) is 18.6 Å². The van der Waals surface area contributed by atoms with Crippen LogP contribution >= 0.6 is 23.2 Å². The molecule has 0 radical (unpaired) electrons.